The summed E-state index contributed by atoms with van der Waals surface area (Å²) in [6.07, 6.45) is 16.4. The Morgan fingerprint density at radius 1 is 1.43 bits per heavy atom. The van der Waals surface area contributed by atoms with Crippen molar-refractivity contribution in [3.8, 4) is 0 Å². The Balaban J connectivity index is 2.02. The van der Waals surface area contributed by atoms with Crippen molar-refractivity contribution in [2.45, 2.75) is 71.8 Å². The van der Waals surface area contributed by atoms with Crippen molar-refractivity contribution in [1.82, 2.24) is 0 Å². The molecule has 1 N–H and O–H groups in total. The third kappa shape index (κ3) is 4.44. The predicted octanol–water partition coefficient (Wildman–Crippen LogP) is 4.99. The zero-order valence-electron chi connectivity index (χ0n) is 15.1. The Hall–Kier alpha value is -1.15. The second-order valence-corrected chi connectivity index (χ2v) is 8.10. The lowest BCUT2D eigenvalue weighted by molar-refractivity contribution is -0.129. The van der Waals surface area contributed by atoms with Gasteiger partial charge in [-0.1, -0.05) is 49.8 Å². The fraction of sp³-hybridized carbons (Fsp3) is 0.667. The molecule has 2 aliphatic carbocycles. The van der Waals surface area contributed by atoms with Gasteiger partial charge in [0, 0.05) is 12.3 Å². The van der Waals surface area contributed by atoms with Gasteiger partial charge in [-0.05, 0) is 57.3 Å². The van der Waals surface area contributed by atoms with Crippen LogP contribution in [-0.4, -0.2) is 16.5 Å². The van der Waals surface area contributed by atoms with Crippen molar-refractivity contribution in [3.05, 3.63) is 36.0 Å². The number of carbonyl (C=O) groups is 1. The number of hydrogen-bond donors (Lipinski definition) is 1. The van der Waals surface area contributed by atoms with Crippen molar-refractivity contribution in [3.63, 3.8) is 0 Å². The van der Waals surface area contributed by atoms with Crippen LogP contribution in [0.25, 0.3) is 0 Å². The highest BCUT2D eigenvalue weighted by molar-refractivity contribution is 5.83. The van der Waals surface area contributed by atoms with Gasteiger partial charge in [0.15, 0.2) is 0 Å². The summed E-state index contributed by atoms with van der Waals surface area (Å²) in [5.74, 6) is 1.21. The average Bonchev–Trinajstić information content (AvgIpc) is 2.44. The molecule has 1 saturated carbocycles. The molecule has 128 valence electrons. The molecule has 1 fully saturated rings. The van der Waals surface area contributed by atoms with E-state index in [1.807, 2.05) is 12.2 Å². The second-order valence-electron chi connectivity index (χ2n) is 8.10. The molecule has 0 bridgehead atoms. The second kappa shape index (κ2) is 7.17. The number of carbonyl (C=O) groups excluding carboxylic acids is 1. The SMILES string of the molecule is C[C@H](C/C=C/C=C/C(C)(C)O)C1=CCC[C@H]2C(=O)CCC[C@]12C. The first-order valence-electron chi connectivity index (χ1n) is 9.04. The van der Waals surface area contributed by atoms with Gasteiger partial charge in [-0.2, -0.15) is 0 Å². The summed E-state index contributed by atoms with van der Waals surface area (Å²) in [4.78, 5) is 12.3. The minimum atomic E-state index is -0.759. The monoisotopic (exact) mass is 316 g/mol. The van der Waals surface area contributed by atoms with Gasteiger partial charge in [0.2, 0.25) is 0 Å². The standard InChI is InChI=1S/C21H32O2/c1-16(10-6-5-7-14-20(2,3)23)17-11-8-12-18-19(22)13-9-15-21(17,18)4/h5-7,11,14,16,18,23H,8-10,12-13,15H2,1-4H3/b6-5+,14-7+/t16-,18+,21-/m1/s1. The molecule has 0 heterocycles. The Labute approximate surface area is 141 Å². The third-order valence-corrected chi connectivity index (χ3v) is 5.53. The minimum absolute atomic E-state index is 0.0871. The first kappa shape index (κ1) is 18.2. The number of Topliss-reactive ketones (excluding diaryl/α,β-unsaturated/α-hetero) is 1. The summed E-state index contributed by atoms with van der Waals surface area (Å²) in [6.45, 7) is 8.14. The maximum atomic E-state index is 12.3. The van der Waals surface area contributed by atoms with E-state index in [1.165, 1.54) is 5.57 Å². The number of aliphatic hydroxyl groups is 1. The van der Waals surface area contributed by atoms with Crippen LogP contribution < -0.4 is 0 Å². The number of ketones is 1. The fourth-order valence-electron chi connectivity index (χ4n) is 4.34. The maximum absolute atomic E-state index is 12.3. The van der Waals surface area contributed by atoms with Crippen molar-refractivity contribution < 1.29 is 9.90 Å². The number of fused-ring (bicyclic) bond motifs is 1. The molecule has 0 aromatic heterocycles. The van der Waals surface area contributed by atoms with Gasteiger partial charge < -0.3 is 5.11 Å². The summed E-state index contributed by atoms with van der Waals surface area (Å²) in [5.41, 5.74) is 0.826. The molecule has 3 atom stereocenters. The molecule has 0 amide bonds. The highest BCUT2D eigenvalue weighted by atomic mass is 16.3. The first-order valence-corrected chi connectivity index (χ1v) is 9.04. The Morgan fingerprint density at radius 2 is 2.17 bits per heavy atom. The Bertz CT molecular complexity index is 518. The summed E-state index contributed by atoms with van der Waals surface area (Å²) in [6, 6.07) is 0. The molecule has 2 nitrogen and oxygen atoms in total. The third-order valence-electron chi connectivity index (χ3n) is 5.53. The molecule has 0 unspecified atom stereocenters. The van der Waals surface area contributed by atoms with E-state index < -0.39 is 5.60 Å². The lowest BCUT2D eigenvalue weighted by Gasteiger charge is -2.47. The van der Waals surface area contributed by atoms with Crippen LogP contribution in [0.2, 0.25) is 0 Å². The van der Waals surface area contributed by atoms with E-state index in [0.717, 1.165) is 38.5 Å². The number of hydrogen-bond acceptors (Lipinski definition) is 2. The van der Waals surface area contributed by atoms with Gasteiger partial charge in [-0.3, -0.25) is 4.79 Å². The lowest BCUT2D eigenvalue weighted by atomic mass is 9.57. The number of allylic oxidation sites excluding steroid dienone is 5. The molecule has 2 rings (SSSR count). The van der Waals surface area contributed by atoms with Crippen LogP contribution in [0.15, 0.2) is 36.0 Å². The molecule has 2 aliphatic rings. The molecular weight excluding hydrogens is 284 g/mol. The Kier molecular flexibility index (Phi) is 5.67. The first-order chi connectivity index (χ1) is 10.7. The zero-order chi connectivity index (χ0) is 17.1. The summed E-state index contributed by atoms with van der Waals surface area (Å²) in [5, 5.41) is 9.66. The molecule has 0 saturated heterocycles. The predicted molar refractivity (Wildman–Crippen MR) is 96.1 cm³/mol. The van der Waals surface area contributed by atoms with Crippen LogP contribution >= 0.6 is 0 Å². The van der Waals surface area contributed by atoms with Crippen LogP contribution in [0, 0.1) is 17.3 Å². The van der Waals surface area contributed by atoms with Gasteiger partial charge in [-0.25, -0.2) is 0 Å². The van der Waals surface area contributed by atoms with Crippen molar-refractivity contribution >= 4 is 5.78 Å². The molecule has 2 heteroatoms. The van der Waals surface area contributed by atoms with Crippen LogP contribution in [0.4, 0.5) is 0 Å². The maximum Gasteiger partial charge on any atom is 0.136 e. The molecule has 23 heavy (non-hydrogen) atoms. The molecule has 0 spiro atoms. The van der Waals surface area contributed by atoms with E-state index in [0.29, 0.717) is 11.7 Å². The van der Waals surface area contributed by atoms with E-state index in [2.05, 4.69) is 26.0 Å². The molecular formula is C21H32O2. The van der Waals surface area contributed by atoms with Gasteiger partial charge in [0.05, 0.1) is 5.60 Å². The fourth-order valence-corrected chi connectivity index (χ4v) is 4.34. The topological polar surface area (TPSA) is 37.3 Å². The highest BCUT2D eigenvalue weighted by Crippen LogP contribution is 2.52. The molecule has 0 aliphatic heterocycles. The number of rotatable bonds is 5. The summed E-state index contributed by atoms with van der Waals surface area (Å²) in [7, 11) is 0. The van der Waals surface area contributed by atoms with E-state index in [1.54, 1.807) is 19.9 Å². The van der Waals surface area contributed by atoms with Crippen LogP contribution in [-0.2, 0) is 4.79 Å². The van der Waals surface area contributed by atoms with Gasteiger partial charge in [0.1, 0.15) is 5.78 Å². The van der Waals surface area contributed by atoms with Crippen molar-refractivity contribution in [2.75, 3.05) is 0 Å². The van der Waals surface area contributed by atoms with Gasteiger partial charge in [-0.15, -0.1) is 0 Å². The summed E-state index contributed by atoms with van der Waals surface area (Å²) < 4.78 is 0. The van der Waals surface area contributed by atoms with E-state index >= 15 is 0 Å². The van der Waals surface area contributed by atoms with E-state index in [9.17, 15) is 9.90 Å². The van der Waals surface area contributed by atoms with Gasteiger partial charge >= 0.3 is 0 Å². The zero-order valence-corrected chi connectivity index (χ0v) is 15.1. The van der Waals surface area contributed by atoms with Crippen LogP contribution in [0.3, 0.4) is 0 Å². The average molecular weight is 316 g/mol. The summed E-state index contributed by atoms with van der Waals surface area (Å²) >= 11 is 0. The molecule has 0 aromatic carbocycles. The highest BCUT2D eigenvalue weighted by Gasteiger charge is 2.46. The normalized spacial score (nSPS) is 30.6. The van der Waals surface area contributed by atoms with Gasteiger partial charge in [0.25, 0.3) is 0 Å². The largest absolute Gasteiger partial charge is 0.386 e. The van der Waals surface area contributed by atoms with Crippen LogP contribution in [0.5, 0.6) is 0 Å². The smallest absolute Gasteiger partial charge is 0.136 e. The van der Waals surface area contributed by atoms with E-state index in [-0.39, 0.29) is 11.3 Å². The Morgan fingerprint density at radius 3 is 2.87 bits per heavy atom. The lowest BCUT2D eigenvalue weighted by Crippen LogP contribution is -2.42. The quantitative estimate of drug-likeness (QED) is 0.573. The molecule has 0 aromatic rings. The van der Waals surface area contributed by atoms with Crippen molar-refractivity contribution in [2.24, 2.45) is 17.3 Å². The van der Waals surface area contributed by atoms with Crippen molar-refractivity contribution in [1.29, 1.82) is 0 Å². The molecule has 0 radical (unpaired) electrons. The van der Waals surface area contributed by atoms with E-state index in [4.69, 9.17) is 0 Å². The minimum Gasteiger partial charge on any atom is -0.386 e. The van der Waals surface area contributed by atoms with Crippen LogP contribution in [0.1, 0.15) is 66.2 Å².